The largest absolute Gasteiger partial charge is 0.489 e. The molecule has 6 heteroatoms. The minimum absolute atomic E-state index is 0.0224. The minimum atomic E-state index is -4.34. The molecule has 0 saturated heterocycles. The second-order valence-corrected chi connectivity index (χ2v) is 7.80. The van der Waals surface area contributed by atoms with E-state index in [2.05, 4.69) is 17.5 Å². The summed E-state index contributed by atoms with van der Waals surface area (Å²) in [5.41, 5.74) is 4.34. The summed E-state index contributed by atoms with van der Waals surface area (Å²) in [4.78, 5) is 0. The van der Waals surface area contributed by atoms with Gasteiger partial charge in [0.15, 0.2) is 0 Å². The van der Waals surface area contributed by atoms with Gasteiger partial charge in [-0.3, -0.25) is 5.43 Å². The van der Waals surface area contributed by atoms with Crippen LogP contribution >= 0.6 is 0 Å². The van der Waals surface area contributed by atoms with Gasteiger partial charge in [0.1, 0.15) is 12.4 Å². The van der Waals surface area contributed by atoms with Crippen molar-refractivity contribution in [1.82, 2.24) is 5.43 Å². The summed E-state index contributed by atoms with van der Waals surface area (Å²) >= 11 is 0. The highest BCUT2D eigenvalue weighted by Crippen LogP contribution is 2.42. The number of hydrazone groups is 1. The lowest BCUT2D eigenvalue weighted by molar-refractivity contribution is -0.138. The summed E-state index contributed by atoms with van der Waals surface area (Å²) < 4.78 is 46.5. The number of nitrogens with one attached hydrogen (secondary N) is 1. The lowest BCUT2D eigenvalue weighted by atomic mass is 9.86. The van der Waals surface area contributed by atoms with E-state index < -0.39 is 11.7 Å². The number of ether oxygens (including phenoxy) is 1. The van der Waals surface area contributed by atoms with Gasteiger partial charge in [-0.15, -0.1) is 0 Å². The maximum absolute atomic E-state index is 13.6. The third-order valence-electron chi connectivity index (χ3n) is 5.78. The van der Waals surface area contributed by atoms with Crippen LogP contribution in [-0.2, 0) is 17.5 Å². The fourth-order valence-electron chi connectivity index (χ4n) is 4.13. The number of fused-ring (bicyclic) bond motifs is 1. The highest BCUT2D eigenvalue weighted by atomic mass is 19.4. The average molecular weight is 376 g/mol. The van der Waals surface area contributed by atoms with Crippen molar-refractivity contribution in [2.45, 2.75) is 63.3 Å². The Bertz CT molecular complexity index is 819. The van der Waals surface area contributed by atoms with E-state index in [0.717, 1.165) is 37.7 Å². The summed E-state index contributed by atoms with van der Waals surface area (Å²) in [6, 6.07) is 4.67. The smallest absolute Gasteiger partial charge is 0.416 e. The number of benzene rings is 1. The average Bonchev–Trinajstić information content (AvgIpc) is 3.28. The quantitative estimate of drug-likeness (QED) is 0.759. The number of rotatable bonds is 4. The van der Waals surface area contributed by atoms with Gasteiger partial charge in [0.2, 0.25) is 0 Å². The molecule has 2 aliphatic carbocycles. The van der Waals surface area contributed by atoms with Crippen molar-refractivity contribution in [2.24, 2.45) is 5.10 Å². The molecule has 1 aromatic rings. The van der Waals surface area contributed by atoms with E-state index in [4.69, 9.17) is 4.74 Å². The molecule has 1 aromatic carbocycles. The normalized spacial score (nSPS) is 25.0. The lowest BCUT2D eigenvalue weighted by Crippen LogP contribution is -2.37. The van der Waals surface area contributed by atoms with Crippen molar-refractivity contribution in [3.05, 3.63) is 58.4 Å². The van der Waals surface area contributed by atoms with Crippen molar-refractivity contribution >= 4 is 6.21 Å². The summed E-state index contributed by atoms with van der Waals surface area (Å²) in [6.07, 6.45) is 5.68. The molecular weight excluding hydrogens is 353 g/mol. The topological polar surface area (TPSA) is 33.6 Å². The highest BCUT2D eigenvalue weighted by Gasteiger charge is 2.36. The highest BCUT2D eigenvalue weighted by molar-refractivity contribution is 5.85. The monoisotopic (exact) mass is 376 g/mol. The Morgan fingerprint density at radius 2 is 2.04 bits per heavy atom. The Hall–Kier alpha value is -2.24. The fraction of sp³-hybridized carbons (Fsp3) is 0.476. The number of nitrogens with zero attached hydrogens (tertiary/aromatic N) is 1. The van der Waals surface area contributed by atoms with Crippen LogP contribution < -0.4 is 5.43 Å². The molecule has 4 rings (SSSR count). The molecule has 1 unspecified atom stereocenters. The number of hydrogen-bond acceptors (Lipinski definition) is 3. The van der Waals surface area contributed by atoms with Gasteiger partial charge in [0.25, 0.3) is 0 Å². The first-order chi connectivity index (χ1) is 12.9. The van der Waals surface area contributed by atoms with Crippen LogP contribution in [0.3, 0.4) is 0 Å². The molecule has 0 aromatic heterocycles. The van der Waals surface area contributed by atoms with E-state index >= 15 is 0 Å². The Morgan fingerprint density at radius 3 is 2.78 bits per heavy atom. The standard InChI is InChI=1S/C21H23F3N2O/c1-20-9-8-17(11-16(20)12-25-26-20)27-13-14-6-7-18(15-4-2-3-5-15)19(10-14)21(22,23)24/h6-8,10-12,15,26H,2-5,9,13H2,1H3. The third-order valence-corrected chi connectivity index (χ3v) is 5.78. The van der Waals surface area contributed by atoms with Crippen LogP contribution in [0.4, 0.5) is 13.2 Å². The maximum atomic E-state index is 13.6. The van der Waals surface area contributed by atoms with Gasteiger partial charge in [-0.05, 0) is 61.4 Å². The Labute approximate surface area is 157 Å². The predicted octanol–water partition coefficient (Wildman–Crippen LogP) is 5.44. The molecule has 1 N–H and O–H groups in total. The van der Waals surface area contributed by atoms with E-state index in [9.17, 15) is 13.2 Å². The Morgan fingerprint density at radius 1 is 1.26 bits per heavy atom. The van der Waals surface area contributed by atoms with Gasteiger partial charge >= 0.3 is 6.18 Å². The number of alkyl halides is 3. The molecule has 144 valence electrons. The van der Waals surface area contributed by atoms with Crippen LogP contribution in [0, 0.1) is 0 Å². The minimum Gasteiger partial charge on any atom is -0.489 e. The van der Waals surface area contributed by atoms with Crippen LogP contribution in [-0.4, -0.2) is 11.8 Å². The zero-order chi connectivity index (χ0) is 19.1. The molecule has 1 aliphatic heterocycles. The summed E-state index contributed by atoms with van der Waals surface area (Å²) in [6.45, 7) is 2.17. The van der Waals surface area contributed by atoms with E-state index in [1.807, 2.05) is 12.2 Å². The van der Waals surface area contributed by atoms with Gasteiger partial charge in [0, 0.05) is 5.57 Å². The van der Waals surface area contributed by atoms with E-state index in [0.29, 0.717) is 16.9 Å². The molecule has 27 heavy (non-hydrogen) atoms. The first kappa shape index (κ1) is 18.1. The van der Waals surface area contributed by atoms with Gasteiger partial charge < -0.3 is 4.74 Å². The SMILES string of the molecule is CC12CC=C(OCc3ccc(C4CCCC4)c(C(F)(F)F)c3)C=C1C=NN2. The van der Waals surface area contributed by atoms with Crippen LogP contribution in [0.2, 0.25) is 0 Å². The van der Waals surface area contributed by atoms with Gasteiger partial charge in [-0.2, -0.15) is 18.3 Å². The molecule has 0 spiro atoms. The number of halogens is 3. The van der Waals surface area contributed by atoms with Crippen molar-refractivity contribution in [2.75, 3.05) is 0 Å². The molecule has 0 radical (unpaired) electrons. The van der Waals surface area contributed by atoms with Crippen molar-refractivity contribution in [3.8, 4) is 0 Å². The second-order valence-electron chi connectivity index (χ2n) is 7.80. The third kappa shape index (κ3) is 3.62. The number of hydrogen-bond donors (Lipinski definition) is 1. The molecule has 1 fully saturated rings. The molecule has 1 saturated carbocycles. The fourth-order valence-corrected chi connectivity index (χ4v) is 4.13. The zero-order valence-electron chi connectivity index (χ0n) is 15.3. The molecule has 3 aliphatic rings. The summed E-state index contributed by atoms with van der Waals surface area (Å²) in [5, 5.41) is 4.08. The summed E-state index contributed by atoms with van der Waals surface area (Å²) in [5.74, 6) is 0.695. The lowest BCUT2D eigenvalue weighted by Gasteiger charge is -2.27. The van der Waals surface area contributed by atoms with Crippen LogP contribution in [0.25, 0.3) is 0 Å². The first-order valence-corrected chi connectivity index (χ1v) is 9.40. The van der Waals surface area contributed by atoms with Crippen molar-refractivity contribution in [1.29, 1.82) is 0 Å². The molecule has 0 bridgehead atoms. The predicted molar refractivity (Wildman–Crippen MR) is 98.3 cm³/mol. The first-order valence-electron chi connectivity index (χ1n) is 9.40. The Kier molecular flexibility index (Phi) is 4.52. The maximum Gasteiger partial charge on any atom is 0.416 e. The van der Waals surface area contributed by atoms with Crippen molar-refractivity contribution < 1.29 is 17.9 Å². The molecule has 1 atom stereocenters. The van der Waals surface area contributed by atoms with Gasteiger partial charge in [-0.25, -0.2) is 0 Å². The van der Waals surface area contributed by atoms with E-state index in [1.165, 1.54) is 6.07 Å². The van der Waals surface area contributed by atoms with Crippen LogP contribution in [0.5, 0.6) is 0 Å². The van der Waals surface area contributed by atoms with Gasteiger partial charge in [0.05, 0.1) is 17.3 Å². The number of allylic oxidation sites excluding steroid dienone is 1. The van der Waals surface area contributed by atoms with Crippen molar-refractivity contribution in [3.63, 3.8) is 0 Å². The molecular formula is C21H23F3N2O. The molecule has 0 amide bonds. The zero-order valence-corrected chi connectivity index (χ0v) is 15.3. The Balaban J connectivity index is 1.50. The second kappa shape index (κ2) is 6.73. The molecule has 1 heterocycles. The van der Waals surface area contributed by atoms with E-state index in [-0.39, 0.29) is 18.1 Å². The van der Waals surface area contributed by atoms with Gasteiger partial charge in [-0.1, -0.05) is 25.0 Å². The van der Waals surface area contributed by atoms with E-state index in [1.54, 1.807) is 18.3 Å². The van der Waals surface area contributed by atoms with Crippen LogP contribution in [0.15, 0.2) is 46.8 Å². The summed E-state index contributed by atoms with van der Waals surface area (Å²) in [7, 11) is 0. The van der Waals surface area contributed by atoms with Crippen LogP contribution in [0.1, 0.15) is 61.6 Å². The molecule has 3 nitrogen and oxygen atoms in total.